The Hall–Kier alpha value is 0.440. The molecule has 1 unspecified atom stereocenters. The maximum Gasteiger partial charge on any atom is 0.00344 e. The Balaban J connectivity index is 2.16. The standard InChI is InChI=1S/C11H22BrN/c1-2-3-8-13-9-4-5-11(10-13)6-7-12/h11H,2-10H2,1H3. The van der Waals surface area contributed by atoms with Gasteiger partial charge in [0, 0.05) is 11.9 Å². The van der Waals surface area contributed by atoms with Crippen molar-refractivity contribution in [2.24, 2.45) is 5.92 Å². The molecule has 1 rings (SSSR count). The second-order valence-corrected chi connectivity index (χ2v) is 4.93. The second-order valence-electron chi connectivity index (χ2n) is 4.14. The quantitative estimate of drug-likeness (QED) is 0.675. The average Bonchev–Trinajstić information content (AvgIpc) is 2.16. The molecule has 0 amide bonds. The molecule has 1 aliphatic rings. The van der Waals surface area contributed by atoms with Crippen LogP contribution in [0.2, 0.25) is 0 Å². The SMILES string of the molecule is CCCCN1CCCC(CCBr)C1. The summed E-state index contributed by atoms with van der Waals surface area (Å²) in [5, 5.41) is 1.18. The average molecular weight is 248 g/mol. The lowest BCUT2D eigenvalue weighted by atomic mass is 9.95. The molecule has 0 radical (unpaired) electrons. The summed E-state index contributed by atoms with van der Waals surface area (Å²) in [5.41, 5.74) is 0. The van der Waals surface area contributed by atoms with Gasteiger partial charge in [-0.15, -0.1) is 0 Å². The van der Waals surface area contributed by atoms with Crippen molar-refractivity contribution in [3.8, 4) is 0 Å². The summed E-state index contributed by atoms with van der Waals surface area (Å²) in [6.07, 6.45) is 6.94. The zero-order valence-electron chi connectivity index (χ0n) is 8.77. The smallest absolute Gasteiger partial charge is 0.00344 e. The molecule has 1 atom stereocenters. The molecule has 78 valence electrons. The van der Waals surface area contributed by atoms with Crippen LogP contribution in [0, 0.1) is 5.92 Å². The third-order valence-corrected chi connectivity index (χ3v) is 3.41. The fourth-order valence-corrected chi connectivity index (χ4v) is 2.77. The topological polar surface area (TPSA) is 3.24 Å². The third kappa shape index (κ3) is 4.46. The highest BCUT2D eigenvalue weighted by molar-refractivity contribution is 9.09. The van der Waals surface area contributed by atoms with Crippen LogP contribution in [-0.2, 0) is 0 Å². The Labute approximate surface area is 91.0 Å². The fraction of sp³-hybridized carbons (Fsp3) is 1.00. The number of likely N-dealkylation sites (tertiary alicyclic amines) is 1. The predicted molar refractivity (Wildman–Crippen MR) is 62.5 cm³/mol. The first-order chi connectivity index (χ1) is 6.36. The molecule has 0 saturated carbocycles. The number of unbranched alkanes of at least 4 members (excludes halogenated alkanes) is 1. The van der Waals surface area contributed by atoms with Crippen LogP contribution in [-0.4, -0.2) is 29.9 Å². The van der Waals surface area contributed by atoms with Crippen LogP contribution in [0.3, 0.4) is 0 Å². The van der Waals surface area contributed by atoms with Gasteiger partial charge in [0.25, 0.3) is 0 Å². The van der Waals surface area contributed by atoms with Gasteiger partial charge in [-0.3, -0.25) is 0 Å². The van der Waals surface area contributed by atoms with Crippen molar-refractivity contribution in [1.82, 2.24) is 4.90 Å². The molecule has 1 saturated heterocycles. The molecular formula is C11H22BrN. The molecule has 0 aromatic heterocycles. The number of piperidine rings is 1. The molecule has 1 heterocycles. The van der Waals surface area contributed by atoms with Crippen molar-refractivity contribution in [3.63, 3.8) is 0 Å². The maximum atomic E-state index is 3.54. The van der Waals surface area contributed by atoms with Crippen LogP contribution < -0.4 is 0 Å². The first kappa shape index (κ1) is 11.5. The Morgan fingerprint density at radius 2 is 2.31 bits per heavy atom. The molecule has 1 nitrogen and oxygen atoms in total. The van der Waals surface area contributed by atoms with Crippen molar-refractivity contribution in [1.29, 1.82) is 0 Å². The van der Waals surface area contributed by atoms with E-state index in [9.17, 15) is 0 Å². The van der Waals surface area contributed by atoms with Crippen LogP contribution >= 0.6 is 15.9 Å². The van der Waals surface area contributed by atoms with Crippen molar-refractivity contribution in [2.45, 2.75) is 39.0 Å². The van der Waals surface area contributed by atoms with E-state index in [1.807, 2.05) is 0 Å². The molecule has 1 fully saturated rings. The van der Waals surface area contributed by atoms with E-state index in [1.54, 1.807) is 0 Å². The lowest BCUT2D eigenvalue weighted by molar-refractivity contribution is 0.170. The van der Waals surface area contributed by atoms with Gasteiger partial charge >= 0.3 is 0 Å². The zero-order valence-corrected chi connectivity index (χ0v) is 10.4. The summed E-state index contributed by atoms with van der Waals surface area (Å²) >= 11 is 3.54. The van der Waals surface area contributed by atoms with Crippen LogP contribution in [0.1, 0.15) is 39.0 Å². The largest absolute Gasteiger partial charge is 0.303 e. The number of hydrogen-bond acceptors (Lipinski definition) is 1. The summed E-state index contributed by atoms with van der Waals surface area (Å²) in [6.45, 7) is 6.31. The van der Waals surface area contributed by atoms with Gasteiger partial charge < -0.3 is 4.90 Å². The van der Waals surface area contributed by atoms with E-state index in [2.05, 4.69) is 27.8 Å². The fourth-order valence-electron chi connectivity index (χ4n) is 2.13. The summed E-state index contributed by atoms with van der Waals surface area (Å²) in [6, 6.07) is 0. The van der Waals surface area contributed by atoms with Crippen LogP contribution in [0.25, 0.3) is 0 Å². The van der Waals surface area contributed by atoms with Gasteiger partial charge in [0.2, 0.25) is 0 Å². The van der Waals surface area contributed by atoms with Crippen molar-refractivity contribution >= 4 is 15.9 Å². The molecule has 1 aliphatic heterocycles. The van der Waals surface area contributed by atoms with E-state index in [0.29, 0.717) is 0 Å². The Morgan fingerprint density at radius 1 is 1.46 bits per heavy atom. The van der Waals surface area contributed by atoms with Crippen LogP contribution in [0.4, 0.5) is 0 Å². The second kappa shape index (κ2) is 6.83. The van der Waals surface area contributed by atoms with E-state index in [1.165, 1.54) is 57.1 Å². The molecule has 2 heteroatoms. The number of alkyl halides is 1. The highest BCUT2D eigenvalue weighted by atomic mass is 79.9. The van der Waals surface area contributed by atoms with Gasteiger partial charge in [0.1, 0.15) is 0 Å². The normalized spacial score (nSPS) is 24.9. The monoisotopic (exact) mass is 247 g/mol. The Bertz CT molecular complexity index is 125. The molecule has 0 aromatic carbocycles. The van der Waals surface area contributed by atoms with Crippen molar-refractivity contribution in [2.75, 3.05) is 25.0 Å². The van der Waals surface area contributed by atoms with Gasteiger partial charge in [0.05, 0.1) is 0 Å². The van der Waals surface area contributed by atoms with Crippen molar-refractivity contribution < 1.29 is 0 Å². The first-order valence-electron chi connectivity index (χ1n) is 5.65. The maximum absolute atomic E-state index is 3.54. The van der Waals surface area contributed by atoms with E-state index in [-0.39, 0.29) is 0 Å². The lowest BCUT2D eigenvalue weighted by Crippen LogP contribution is -2.36. The highest BCUT2D eigenvalue weighted by Gasteiger charge is 2.18. The highest BCUT2D eigenvalue weighted by Crippen LogP contribution is 2.20. The van der Waals surface area contributed by atoms with Crippen LogP contribution in [0.5, 0.6) is 0 Å². The number of nitrogens with zero attached hydrogens (tertiary/aromatic N) is 1. The van der Waals surface area contributed by atoms with Crippen LogP contribution in [0.15, 0.2) is 0 Å². The van der Waals surface area contributed by atoms with E-state index in [0.717, 1.165) is 5.92 Å². The molecule has 0 bridgehead atoms. The number of rotatable bonds is 5. The van der Waals surface area contributed by atoms with E-state index in [4.69, 9.17) is 0 Å². The Kier molecular flexibility index (Phi) is 6.05. The lowest BCUT2D eigenvalue weighted by Gasteiger charge is -2.32. The summed E-state index contributed by atoms with van der Waals surface area (Å²) < 4.78 is 0. The summed E-state index contributed by atoms with van der Waals surface area (Å²) in [4.78, 5) is 2.65. The van der Waals surface area contributed by atoms with Gasteiger partial charge in [0.15, 0.2) is 0 Å². The van der Waals surface area contributed by atoms with Gasteiger partial charge in [-0.05, 0) is 44.7 Å². The zero-order chi connectivity index (χ0) is 9.52. The van der Waals surface area contributed by atoms with Gasteiger partial charge in [-0.25, -0.2) is 0 Å². The van der Waals surface area contributed by atoms with E-state index >= 15 is 0 Å². The minimum atomic E-state index is 0.963. The van der Waals surface area contributed by atoms with Gasteiger partial charge in [-0.2, -0.15) is 0 Å². The first-order valence-corrected chi connectivity index (χ1v) is 6.77. The third-order valence-electron chi connectivity index (χ3n) is 2.95. The molecule has 0 N–H and O–H groups in total. The van der Waals surface area contributed by atoms with Gasteiger partial charge in [-0.1, -0.05) is 29.3 Å². The Morgan fingerprint density at radius 3 is 3.00 bits per heavy atom. The predicted octanol–water partition coefficient (Wildman–Crippen LogP) is 3.28. The number of hydrogen-bond donors (Lipinski definition) is 0. The molecule has 0 aliphatic carbocycles. The molecule has 13 heavy (non-hydrogen) atoms. The summed E-state index contributed by atoms with van der Waals surface area (Å²) in [7, 11) is 0. The minimum Gasteiger partial charge on any atom is -0.303 e. The molecule has 0 spiro atoms. The molecule has 0 aromatic rings. The summed E-state index contributed by atoms with van der Waals surface area (Å²) in [5.74, 6) is 0.963. The number of halogens is 1. The minimum absolute atomic E-state index is 0.963. The van der Waals surface area contributed by atoms with Crippen molar-refractivity contribution in [3.05, 3.63) is 0 Å². The van der Waals surface area contributed by atoms with E-state index < -0.39 is 0 Å². The molecular weight excluding hydrogens is 226 g/mol.